The Bertz CT molecular complexity index is 416. The van der Waals surface area contributed by atoms with Crippen molar-refractivity contribution in [2.45, 2.75) is 39.5 Å². The number of carbonyl (C=O) groups is 1. The standard InChI is InChI=1S/C14H21ClN2O2/c1-3-5-9-17(10-6-4-2)14(19)12-13(18)11(15)7-8-16-12/h7-8,18H,3-6,9-10H2,1-2H3. The van der Waals surface area contributed by atoms with Gasteiger partial charge in [0.1, 0.15) is 0 Å². The molecule has 1 aromatic rings. The first-order valence-electron chi connectivity index (χ1n) is 6.74. The van der Waals surface area contributed by atoms with Crippen LogP contribution in [0.1, 0.15) is 50.0 Å². The number of amides is 1. The Morgan fingerprint density at radius 1 is 1.32 bits per heavy atom. The van der Waals surface area contributed by atoms with Gasteiger partial charge in [-0.05, 0) is 18.9 Å². The predicted molar refractivity (Wildman–Crippen MR) is 76.6 cm³/mol. The van der Waals surface area contributed by atoms with E-state index in [2.05, 4.69) is 18.8 Å². The largest absolute Gasteiger partial charge is 0.504 e. The molecule has 106 valence electrons. The number of rotatable bonds is 7. The van der Waals surface area contributed by atoms with Crippen molar-refractivity contribution in [2.75, 3.05) is 13.1 Å². The van der Waals surface area contributed by atoms with Crippen LogP contribution in [0.2, 0.25) is 5.02 Å². The second kappa shape index (κ2) is 8.00. The Balaban J connectivity index is 2.87. The van der Waals surface area contributed by atoms with Gasteiger partial charge in [0.05, 0.1) is 5.02 Å². The molecule has 19 heavy (non-hydrogen) atoms. The van der Waals surface area contributed by atoms with Gasteiger partial charge in [0.25, 0.3) is 5.91 Å². The highest BCUT2D eigenvalue weighted by molar-refractivity contribution is 6.32. The SMILES string of the molecule is CCCCN(CCCC)C(=O)c1nccc(Cl)c1O. The first-order chi connectivity index (χ1) is 9.11. The molecular weight excluding hydrogens is 264 g/mol. The molecule has 0 saturated carbocycles. The van der Waals surface area contributed by atoms with Crippen molar-refractivity contribution in [2.24, 2.45) is 0 Å². The van der Waals surface area contributed by atoms with Gasteiger partial charge in [-0.15, -0.1) is 0 Å². The van der Waals surface area contributed by atoms with Crippen LogP contribution in [0.5, 0.6) is 5.75 Å². The van der Waals surface area contributed by atoms with Gasteiger partial charge < -0.3 is 10.0 Å². The Kier molecular flexibility index (Phi) is 6.64. The number of unbranched alkanes of at least 4 members (excludes halogenated alkanes) is 2. The molecule has 0 atom stereocenters. The summed E-state index contributed by atoms with van der Waals surface area (Å²) in [7, 11) is 0. The fourth-order valence-electron chi connectivity index (χ4n) is 1.75. The van der Waals surface area contributed by atoms with E-state index in [0.29, 0.717) is 13.1 Å². The zero-order valence-corrected chi connectivity index (χ0v) is 12.3. The van der Waals surface area contributed by atoms with Crippen molar-refractivity contribution in [1.29, 1.82) is 0 Å². The second-order valence-electron chi connectivity index (χ2n) is 4.49. The molecule has 0 aliphatic carbocycles. The first kappa shape index (κ1) is 15.8. The maximum Gasteiger partial charge on any atom is 0.276 e. The van der Waals surface area contributed by atoms with Crippen LogP contribution in [0.4, 0.5) is 0 Å². The van der Waals surface area contributed by atoms with Gasteiger partial charge in [0, 0.05) is 19.3 Å². The number of pyridine rings is 1. The number of carbonyl (C=O) groups excluding carboxylic acids is 1. The Hall–Kier alpha value is -1.29. The molecule has 0 fully saturated rings. The summed E-state index contributed by atoms with van der Waals surface area (Å²) in [4.78, 5) is 18.1. The molecule has 0 unspecified atom stereocenters. The molecule has 1 N–H and O–H groups in total. The van der Waals surface area contributed by atoms with Gasteiger partial charge in [-0.2, -0.15) is 0 Å². The van der Waals surface area contributed by atoms with Crippen molar-refractivity contribution in [1.82, 2.24) is 9.88 Å². The summed E-state index contributed by atoms with van der Waals surface area (Å²) in [6, 6.07) is 1.47. The van der Waals surface area contributed by atoms with Crippen LogP contribution in [0.25, 0.3) is 0 Å². The molecule has 0 aromatic carbocycles. The maximum absolute atomic E-state index is 12.4. The number of aromatic nitrogens is 1. The van der Waals surface area contributed by atoms with E-state index in [1.54, 1.807) is 4.90 Å². The van der Waals surface area contributed by atoms with E-state index >= 15 is 0 Å². The summed E-state index contributed by atoms with van der Waals surface area (Å²) in [5.74, 6) is -0.478. The van der Waals surface area contributed by atoms with E-state index in [4.69, 9.17) is 11.6 Å². The van der Waals surface area contributed by atoms with Crippen LogP contribution in [0.3, 0.4) is 0 Å². The monoisotopic (exact) mass is 284 g/mol. The zero-order valence-electron chi connectivity index (χ0n) is 11.5. The van der Waals surface area contributed by atoms with Crippen LogP contribution in [0.15, 0.2) is 12.3 Å². The lowest BCUT2D eigenvalue weighted by atomic mass is 10.2. The Labute approximate surface area is 119 Å². The van der Waals surface area contributed by atoms with Crippen molar-refractivity contribution < 1.29 is 9.90 Å². The van der Waals surface area contributed by atoms with E-state index in [9.17, 15) is 9.90 Å². The Morgan fingerprint density at radius 3 is 2.42 bits per heavy atom. The summed E-state index contributed by atoms with van der Waals surface area (Å²) in [5, 5.41) is 9.98. The molecule has 1 aromatic heterocycles. The van der Waals surface area contributed by atoms with E-state index in [1.807, 2.05) is 0 Å². The molecule has 0 bridgehead atoms. The van der Waals surface area contributed by atoms with Gasteiger partial charge in [-0.3, -0.25) is 4.79 Å². The molecule has 0 radical (unpaired) electrons. The minimum atomic E-state index is -0.248. The van der Waals surface area contributed by atoms with Gasteiger partial charge in [-0.1, -0.05) is 38.3 Å². The van der Waals surface area contributed by atoms with Crippen molar-refractivity contribution >= 4 is 17.5 Å². The van der Waals surface area contributed by atoms with E-state index in [-0.39, 0.29) is 22.4 Å². The summed E-state index contributed by atoms with van der Waals surface area (Å²) in [5.41, 5.74) is 0.0414. The third-order valence-electron chi connectivity index (χ3n) is 2.93. The molecular formula is C14H21ClN2O2. The highest BCUT2D eigenvalue weighted by Crippen LogP contribution is 2.26. The smallest absolute Gasteiger partial charge is 0.276 e. The summed E-state index contributed by atoms with van der Waals surface area (Å²) in [6.45, 7) is 5.53. The third kappa shape index (κ3) is 4.39. The van der Waals surface area contributed by atoms with Crippen molar-refractivity contribution in [3.8, 4) is 5.75 Å². The van der Waals surface area contributed by atoms with Gasteiger partial charge >= 0.3 is 0 Å². The van der Waals surface area contributed by atoms with Crippen molar-refractivity contribution in [3.05, 3.63) is 23.0 Å². The zero-order chi connectivity index (χ0) is 14.3. The molecule has 0 spiro atoms. The lowest BCUT2D eigenvalue weighted by molar-refractivity contribution is 0.0742. The summed E-state index contributed by atoms with van der Waals surface area (Å²) >= 11 is 5.81. The van der Waals surface area contributed by atoms with E-state index in [1.165, 1.54) is 12.3 Å². The molecule has 1 rings (SSSR count). The number of halogens is 1. The first-order valence-corrected chi connectivity index (χ1v) is 7.12. The topological polar surface area (TPSA) is 53.4 Å². The second-order valence-corrected chi connectivity index (χ2v) is 4.90. The molecule has 0 saturated heterocycles. The number of hydrogen-bond acceptors (Lipinski definition) is 3. The van der Waals surface area contributed by atoms with E-state index < -0.39 is 0 Å². The van der Waals surface area contributed by atoms with Gasteiger partial charge in [0.15, 0.2) is 11.4 Å². The number of aromatic hydroxyl groups is 1. The van der Waals surface area contributed by atoms with Crippen LogP contribution < -0.4 is 0 Å². The van der Waals surface area contributed by atoms with Crippen LogP contribution in [-0.2, 0) is 0 Å². The highest BCUT2D eigenvalue weighted by Gasteiger charge is 2.21. The normalized spacial score (nSPS) is 10.5. The highest BCUT2D eigenvalue weighted by atomic mass is 35.5. The lowest BCUT2D eigenvalue weighted by Gasteiger charge is -2.22. The number of nitrogens with zero attached hydrogens (tertiary/aromatic N) is 2. The van der Waals surface area contributed by atoms with Gasteiger partial charge in [0.2, 0.25) is 0 Å². The molecule has 0 aliphatic heterocycles. The molecule has 1 heterocycles. The minimum Gasteiger partial charge on any atom is -0.504 e. The quantitative estimate of drug-likeness (QED) is 0.834. The summed E-state index contributed by atoms with van der Waals surface area (Å²) in [6.07, 6.45) is 5.36. The fraction of sp³-hybridized carbons (Fsp3) is 0.571. The molecule has 1 amide bonds. The average Bonchev–Trinajstić information content (AvgIpc) is 2.41. The van der Waals surface area contributed by atoms with Crippen LogP contribution >= 0.6 is 11.6 Å². The minimum absolute atomic E-state index is 0.0414. The molecule has 0 aliphatic rings. The van der Waals surface area contributed by atoms with Crippen LogP contribution in [0, 0.1) is 0 Å². The number of hydrogen-bond donors (Lipinski definition) is 1. The Morgan fingerprint density at radius 2 is 1.89 bits per heavy atom. The average molecular weight is 285 g/mol. The maximum atomic E-state index is 12.4. The molecule has 4 nitrogen and oxygen atoms in total. The third-order valence-corrected chi connectivity index (χ3v) is 3.23. The molecule has 5 heteroatoms. The predicted octanol–water partition coefficient (Wildman–Crippen LogP) is 3.48. The summed E-state index contributed by atoms with van der Waals surface area (Å²) < 4.78 is 0. The van der Waals surface area contributed by atoms with E-state index in [0.717, 1.165) is 25.7 Å². The lowest BCUT2D eigenvalue weighted by Crippen LogP contribution is -2.33. The fourth-order valence-corrected chi connectivity index (χ4v) is 1.90. The van der Waals surface area contributed by atoms with Gasteiger partial charge in [-0.25, -0.2) is 4.98 Å². The van der Waals surface area contributed by atoms with Crippen molar-refractivity contribution in [3.63, 3.8) is 0 Å². The van der Waals surface area contributed by atoms with Crippen LogP contribution in [-0.4, -0.2) is 34.0 Å².